The predicted octanol–water partition coefficient (Wildman–Crippen LogP) is 4.20. The van der Waals surface area contributed by atoms with Crippen LogP contribution in [0.25, 0.3) is 0 Å². The quantitative estimate of drug-likeness (QED) is 0.530. The highest BCUT2D eigenvalue weighted by Crippen LogP contribution is 2.39. The zero-order chi connectivity index (χ0) is 26.5. The fourth-order valence-electron chi connectivity index (χ4n) is 5.44. The van der Waals surface area contributed by atoms with E-state index in [4.69, 9.17) is 9.47 Å². The molecule has 10 heteroatoms. The third-order valence-electron chi connectivity index (χ3n) is 7.31. The lowest BCUT2D eigenvalue weighted by molar-refractivity contribution is 0.147. The van der Waals surface area contributed by atoms with E-state index in [2.05, 4.69) is 37.2 Å². The zero-order valence-corrected chi connectivity index (χ0v) is 23.0. The number of fused-ring (bicyclic) bond motifs is 1. The Hall–Kier alpha value is -3.11. The SMILES string of the molecule is Cc1cccc(OC2=NS(=O)(=O)NC(=NCCCOc3cccc4c3CCCC4N3CCCCC3)N2C)c1. The molecule has 2 heterocycles. The van der Waals surface area contributed by atoms with Crippen molar-refractivity contribution in [3.05, 3.63) is 59.2 Å². The van der Waals surface area contributed by atoms with Crippen LogP contribution in [0, 0.1) is 6.92 Å². The van der Waals surface area contributed by atoms with E-state index in [1.54, 1.807) is 13.1 Å². The van der Waals surface area contributed by atoms with Crippen LogP contribution < -0.4 is 14.2 Å². The lowest BCUT2D eigenvalue weighted by Crippen LogP contribution is -2.51. The Morgan fingerprint density at radius 3 is 2.74 bits per heavy atom. The Labute approximate surface area is 225 Å². The third kappa shape index (κ3) is 6.30. The minimum Gasteiger partial charge on any atom is -0.493 e. The molecule has 1 fully saturated rings. The maximum Gasteiger partial charge on any atom is 0.349 e. The summed E-state index contributed by atoms with van der Waals surface area (Å²) >= 11 is 0. The highest BCUT2D eigenvalue weighted by atomic mass is 32.2. The number of benzene rings is 2. The highest BCUT2D eigenvalue weighted by molar-refractivity contribution is 7.89. The van der Waals surface area contributed by atoms with Crippen molar-refractivity contribution in [1.82, 2.24) is 14.5 Å². The van der Waals surface area contributed by atoms with Gasteiger partial charge in [0.05, 0.1) is 6.61 Å². The average Bonchev–Trinajstić information content (AvgIpc) is 2.91. The standard InChI is InChI=1S/C28H37N5O4S/c1-21-10-6-11-22(20-21)37-28-31-38(34,35)30-27(32(28)2)29-16-9-19-36-26-15-8-12-23-24(26)13-7-14-25(23)33-17-4-3-5-18-33/h6,8,10-12,15,20,25H,3-5,7,9,13-14,16-19H2,1-2H3,(H,29,30). The number of aliphatic imine (C=N–C) groups is 1. The predicted molar refractivity (Wildman–Crippen MR) is 149 cm³/mol. The molecule has 1 atom stereocenters. The highest BCUT2D eigenvalue weighted by Gasteiger charge is 2.29. The van der Waals surface area contributed by atoms with E-state index in [0.717, 1.165) is 17.7 Å². The van der Waals surface area contributed by atoms with E-state index < -0.39 is 10.2 Å². The normalized spacial score (nSPS) is 22.4. The van der Waals surface area contributed by atoms with Crippen molar-refractivity contribution in [2.24, 2.45) is 9.39 Å². The second kappa shape index (κ2) is 11.7. The molecule has 2 aliphatic heterocycles. The maximum atomic E-state index is 12.3. The van der Waals surface area contributed by atoms with Crippen molar-refractivity contribution in [1.29, 1.82) is 0 Å². The monoisotopic (exact) mass is 539 g/mol. The summed E-state index contributed by atoms with van der Waals surface area (Å²) in [5, 5.41) is 0. The number of hydrogen-bond acceptors (Lipinski definition) is 6. The molecule has 3 aliphatic rings. The van der Waals surface area contributed by atoms with E-state index in [1.807, 2.05) is 25.1 Å². The number of aryl methyl sites for hydroxylation is 1. The van der Waals surface area contributed by atoms with Crippen molar-refractivity contribution in [2.45, 2.75) is 57.9 Å². The largest absolute Gasteiger partial charge is 0.493 e. The number of hydrogen-bond donors (Lipinski definition) is 1. The molecule has 0 amide bonds. The number of nitrogens with zero attached hydrogens (tertiary/aromatic N) is 4. The van der Waals surface area contributed by atoms with E-state index in [9.17, 15) is 8.42 Å². The maximum absolute atomic E-state index is 12.3. The minimum atomic E-state index is -3.95. The van der Waals surface area contributed by atoms with Crippen molar-refractivity contribution >= 4 is 22.2 Å². The molecule has 2 aromatic rings. The molecule has 0 bridgehead atoms. The Bertz CT molecular complexity index is 1300. The van der Waals surface area contributed by atoms with Crippen molar-refractivity contribution in [2.75, 3.05) is 33.3 Å². The van der Waals surface area contributed by atoms with Gasteiger partial charge >= 0.3 is 16.2 Å². The van der Waals surface area contributed by atoms with Gasteiger partial charge in [0.25, 0.3) is 0 Å². The number of rotatable bonds is 7. The van der Waals surface area contributed by atoms with Gasteiger partial charge in [0.2, 0.25) is 5.96 Å². The van der Waals surface area contributed by atoms with Crippen LogP contribution in [0.15, 0.2) is 51.9 Å². The molecule has 9 nitrogen and oxygen atoms in total. The third-order valence-corrected chi connectivity index (χ3v) is 8.14. The molecule has 1 saturated heterocycles. The van der Waals surface area contributed by atoms with Crippen molar-refractivity contribution < 1.29 is 17.9 Å². The summed E-state index contributed by atoms with van der Waals surface area (Å²) in [5.74, 6) is 1.65. The van der Waals surface area contributed by atoms with Crippen LogP contribution in [0.2, 0.25) is 0 Å². The Morgan fingerprint density at radius 1 is 1.11 bits per heavy atom. The first-order chi connectivity index (χ1) is 18.4. The first kappa shape index (κ1) is 26.5. The van der Waals surface area contributed by atoms with Gasteiger partial charge in [-0.25, -0.2) is 4.72 Å². The van der Waals surface area contributed by atoms with Crippen LogP contribution in [0.5, 0.6) is 11.5 Å². The number of ether oxygens (including phenoxy) is 2. The van der Waals surface area contributed by atoms with Gasteiger partial charge < -0.3 is 9.47 Å². The van der Waals surface area contributed by atoms with Gasteiger partial charge in [-0.1, -0.05) is 35.1 Å². The summed E-state index contributed by atoms with van der Waals surface area (Å²) in [7, 11) is -2.28. The van der Waals surface area contributed by atoms with Crippen LogP contribution in [0.4, 0.5) is 0 Å². The molecule has 0 spiro atoms. The number of piperidine rings is 1. The smallest absolute Gasteiger partial charge is 0.349 e. The molecular formula is C28H37N5O4S. The first-order valence-corrected chi connectivity index (χ1v) is 15.0. The first-order valence-electron chi connectivity index (χ1n) is 13.5. The number of nitrogens with one attached hydrogen (secondary N) is 1. The summed E-state index contributed by atoms with van der Waals surface area (Å²) in [6.07, 6.45) is 8.02. The zero-order valence-electron chi connectivity index (χ0n) is 22.2. The minimum absolute atomic E-state index is 0.0523. The summed E-state index contributed by atoms with van der Waals surface area (Å²) in [5.41, 5.74) is 3.77. The Kier molecular flexibility index (Phi) is 8.18. The molecule has 5 rings (SSSR count). The lowest BCUT2D eigenvalue weighted by atomic mass is 9.85. The fourth-order valence-corrected chi connectivity index (χ4v) is 6.28. The van der Waals surface area contributed by atoms with Crippen LogP contribution in [0.1, 0.15) is 61.3 Å². The Balaban J connectivity index is 1.19. The molecule has 0 radical (unpaired) electrons. The summed E-state index contributed by atoms with van der Waals surface area (Å²) in [4.78, 5) is 8.62. The molecule has 1 aliphatic carbocycles. The van der Waals surface area contributed by atoms with E-state index in [1.165, 1.54) is 61.2 Å². The molecular weight excluding hydrogens is 502 g/mol. The average molecular weight is 540 g/mol. The molecule has 38 heavy (non-hydrogen) atoms. The van der Waals surface area contributed by atoms with Gasteiger partial charge in [-0.15, -0.1) is 0 Å². The second-order valence-corrected chi connectivity index (χ2v) is 11.5. The lowest BCUT2D eigenvalue weighted by Gasteiger charge is -2.38. The molecule has 1 N–H and O–H groups in total. The van der Waals surface area contributed by atoms with Gasteiger partial charge in [-0.05, 0) is 87.0 Å². The van der Waals surface area contributed by atoms with Crippen LogP contribution in [0.3, 0.4) is 0 Å². The summed E-state index contributed by atoms with van der Waals surface area (Å²) < 4.78 is 42.7. The number of amidine groups is 1. The van der Waals surface area contributed by atoms with E-state index >= 15 is 0 Å². The van der Waals surface area contributed by atoms with Crippen LogP contribution >= 0.6 is 0 Å². The van der Waals surface area contributed by atoms with Gasteiger partial charge in [-0.3, -0.25) is 14.8 Å². The molecule has 0 saturated carbocycles. The van der Waals surface area contributed by atoms with Gasteiger partial charge in [0, 0.05) is 26.1 Å². The van der Waals surface area contributed by atoms with Crippen molar-refractivity contribution in [3.8, 4) is 11.5 Å². The summed E-state index contributed by atoms with van der Waals surface area (Å²) in [6, 6.07) is 14.2. The number of guanidine groups is 1. The Morgan fingerprint density at radius 2 is 1.92 bits per heavy atom. The van der Waals surface area contributed by atoms with Gasteiger partial charge in [0.15, 0.2) is 0 Å². The molecule has 0 aromatic heterocycles. The van der Waals surface area contributed by atoms with E-state index in [-0.39, 0.29) is 12.0 Å². The van der Waals surface area contributed by atoms with Crippen LogP contribution in [-0.4, -0.2) is 63.5 Å². The molecule has 2 aromatic carbocycles. The van der Waals surface area contributed by atoms with E-state index in [0.29, 0.717) is 31.4 Å². The number of likely N-dealkylation sites (tertiary alicyclic amines) is 1. The van der Waals surface area contributed by atoms with Crippen LogP contribution in [-0.2, 0) is 16.6 Å². The fraction of sp³-hybridized carbons (Fsp3) is 0.500. The summed E-state index contributed by atoms with van der Waals surface area (Å²) in [6.45, 7) is 5.21. The van der Waals surface area contributed by atoms with Gasteiger partial charge in [0.1, 0.15) is 11.5 Å². The van der Waals surface area contributed by atoms with Crippen molar-refractivity contribution in [3.63, 3.8) is 0 Å². The second-order valence-electron chi connectivity index (χ2n) is 10.2. The molecule has 1 unspecified atom stereocenters. The topological polar surface area (TPSA) is 95.8 Å². The molecule has 204 valence electrons. The van der Waals surface area contributed by atoms with Gasteiger partial charge in [-0.2, -0.15) is 8.42 Å².